The average Bonchev–Trinajstić information content (AvgIpc) is 3.22. The van der Waals surface area contributed by atoms with Crippen molar-refractivity contribution in [3.63, 3.8) is 0 Å². The van der Waals surface area contributed by atoms with Crippen molar-refractivity contribution >= 4 is 21.1 Å². The van der Waals surface area contributed by atoms with E-state index in [1.807, 2.05) is 26.0 Å². The van der Waals surface area contributed by atoms with Gasteiger partial charge in [-0.15, -0.1) is 0 Å². The van der Waals surface area contributed by atoms with Gasteiger partial charge in [-0.1, -0.05) is 0 Å². The van der Waals surface area contributed by atoms with Gasteiger partial charge in [-0.05, 0) is 38.5 Å². The van der Waals surface area contributed by atoms with E-state index in [0.717, 1.165) is 16.8 Å². The fraction of sp³-hybridized carbons (Fsp3) is 0.389. The highest BCUT2D eigenvalue weighted by molar-refractivity contribution is 7.89. The number of ether oxygens (including phenoxy) is 1. The standard InChI is InChI=1S/C18H21N5O3S/c1-12-16-9-15(10-20-18(16)22(3)21-12)27(24,25)23-8-6-14(11-23)26-17-5-4-7-19-13(17)2/h4-5,7,9-10,14H,6,8,11H2,1-3H3/t14-/m1/s1. The Morgan fingerprint density at radius 2 is 2.04 bits per heavy atom. The molecular weight excluding hydrogens is 366 g/mol. The first kappa shape index (κ1) is 17.9. The van der Waals surface area contributed by atoms with Crippen molar-refractivity contribution < 1.29 is 13.2 Å². The maximum absolute atomic E-state index is 13.1. The van der Waals surface area contributed by atoms with Crippen molar-refractivity contribution in [3.8, 4) is 5.75 Å². The second-order valence-corrected chi connectivity index (χ2v) is 8.67. The summed E-state index contributed by atoms with van der Waals surface area (Å²) in [7, 11) is -1.84. The summed E-state index contributed by atoms with van der Waals surface area (Å²) < 4.78 is 35.2. The van der Waals surface area contributed by atoms with Gasteiger partial charge in [-0.25, -0.2) is 13.4 Å². The highest BCUT2D eigenvalue weighted by atomic mass is 32.2. The Balaban J connectivity index is 1.56. The van der Waals surface area contributed by atoms with Gasteiger partial charge in [-0.3, -0.25) is 9.67 Å². The molecule has 0 radical (unpaired) electrons. The van der Waals surface area contributed by atoms with Gasteiger partial charge in [0.05, 0.1) is 17.9 Å². The predicted molar refractivity (Wildman–Crippen MR) is 100 cm³/mol. The fourth-order valence-electron chi connectivity index (χ4n) is 3.36. The van der Waals surface area contributed by atoms with Gasteiger partial charge in [0, 0.05) is 31.4 Å². The van der Waals surface area contributed by atoms with Crippen LogP contribution in [0.1, 0.15) is 17.8 Å². The first-order valence-electron chi connectivity index (χ1n) is 8.74. The Bertz CT molecular complexity index is 1110. The first-order chi connectivity index (χ1) is 12.9. The van der Waals surface area contributed by atoms with Crippen LogP contribution in [0.15, 0.2) is 35.5 Å². The molecule has 27 heavy (non-hydrogen) atoms. The summed E-state index contributed by atoms with van der Waals surface area (Å²) in [5, 5.41) is 5.04. The molecule has 1 saturated heterocycles. The maximum Gasteiger partial charge on any atom is 0.244 e. The van der Waals surface area contributed by atoms with Crippen molar-refractivity contribution in [3.05, 3.63) is 42.0 Å². The Hall–Kier alpha value is -2.52. The zero-order chi connectivity index (χ0) is 19.2. The lowest BCUT2D eigenvalue weighted by Gasteiger charge is -2.17. The fourth-order valence-corrected chi connectivity index (χ4v) is 4.82. The lowest BCUT2D eigenvalue weighted by molar-refractivity contribution is 0.213. The number of nitrogens with zero attached hydrogens (tertiary/aromatic N) is 5. The minimum absolute atomic E-state index is 0.185. The molecule has 4 heterocycles. The van der Waals surface area contributed by atoms with Crippen LogP contribution in [-0.4, -0.2) is 51.7 Å². The molecule has 0 N–H and O–H groups in total. The molecular formula is C18H21N5O3S. The normalized spacial score (nSPS) is 18.3. The molecule has 4 rings (SSSR count). The van der Waals surface area contributed by atoms with Crippen molar-refractivity contribution in [1.29, 1.82) is 0 Å². The minimum Gasteiger partial charge on any atom is -0.487 e. The average molecular weight is 387 g/mol. The summed E-state index contributed by atoms with van der Waals surface area (Å²) in [6, 6.07) is 5.31. The van der Waals surface area contributed by atoms with Gasteiger partial charge in [0.2, 0.25) is 10.0 Å². The third-order valence-corrected chi connectivity index (χ3v) is 6.67. The lowest BCUT2D eigenvalue weighted by Crippen LogP contribution is -2.31. The molecule has 0 saturated carbocycles. The Morgan fingerprint density at radius 1 is 1.22 bits per heavy atom. The van der Waals surface area contributed by atoms with Gasteiger partial charge < -0.3 is 4.74 Å². The molecule has 1 atom stereocenters. The monoisotopic (exact) mass is 387 g/mol. The smallest absolute Gasteiger partial charge is 0.244 e. The number of fused-ring (bicyclic) bond motifs is 1. The highest BCUT2D eigenvalue weighted by Crippen LogP contribution is 2.27. The topological polar surface area (TPSA) is 90.2 Å². The zero-order valence-corrected chi connectivity index (χ0v) is 16.3. The number of aryl methyl sites for hydroxylation is 3. The Labute approximate surface area is 157 Å². The van der Waals surface area contributed by atoms with Gasteiger partial charge in [0.25, 0.3) is 0 Å². The Morgan fingerprint density at radius 3 is 2.81 bits per heavy atom. The highest BCUT2D eigenvalue weighted by Gasteiger charge is 2.34. The molecule has 3 aromatic heterocycles. The van der Waals surface area contributed by atoms with Crippen molar-refractivity contribution in [2.24, 2.45) is 7.05 Å². The van der Waals surface area contributed by atoms with E-state index in [9.17, 15) is 8.42 Å². The molecule has 142 valence electrons. The van der Waals surface area contributed by atoms with Crippen LogP contribution in [0.3, 0.4) is 0 Å². The Kier molecular flexibility index (Phi) is 4.35. The second kappa shape index (κ2) is 6.58. The van der Waals surface area contributed by atoms with Gasteiger partial charge in [-0.2, -0.15) is 9.40 Å². The second-order valence-electron chi connectivity index (χ2n) is 6.73. The molecule has 0 aliphatic carbocycles. The largest absolute Gasteiger partial charge is 0.487 e. The summed E-state index contributed by atoms with van der Waals surface area (Å²) in [6.07, 6.45) is 3.55. The van der Waals surface area contributed by atoms with E-state index >= 15 is 0 Å². The summed E-state index contributed by atoms with van der Waals surface area (Å²) >= 11 is 0. The molecule has 1 aliphatic rings. The molecule has 0 amide bonds. The molecule has 8 nitrogen and oxygen atoms in total. The number of hydrogen-bond acceptors (Lipinski definition) is 6. The predicted octanol–water partition coefficient (Wildman–Crippen LogP) is 1.82. The molecule has 0 aromatic carbocycles. The maximum atomic E-state index is 13.1. The van der Waals surface area contributed by atoms with Crippen molar-refractivity contribution in [2.45, 2.75) is 31.3 Å². The van der Waals surface area contributed by atoms with Crippen LogP contribution in [0.25, 0.3) is 11.0 Å². The number of sulfonamides is 1. The molecule has 1 aliphatic heterocycles. The van der Waals surface area contributed by atoms with Crippen LogP contribution in [0.5, 0.6) is 5.75 Å². The molecule has 0 spiro atoms. The third kappa shape index (κ3) is 3.17. The molecule has 0 bridgehead atoms. The van der Waals surface area contributed by atoms with E-state index in [4.69, 9.17) is 4.74 Å². The third-order valence-electron chi connectivity index (χ3n) is 4.84. The van der Waals surface area contributed by atoms with Crippen LogP contribution in [0, 0.1) is 13.8 Å². The summed E-state index contributed by atoms with van der Waals surface area (Å²) in [4.78, 5) is 8.68. The van der Waals surface area contributed by atoms with E-state index in [0.29, 0.717) is 30.9 Å². The van der Waals surface area contributed by atoms with Gasteiger partial charge >= 0.3 is 0 Å². The van der Waals surface area contributed by atoms with Crippen LogP contribution in [-0.2, 0) is 17.1 Å². The van der Waals surface area contributed by atoms with Crippen molar-refractivity contribution in [2.75, 3.05) is 13.1 Å². The summed E-state index contributed by atoms with van der Waals surface area (Å²) in [6.45, 7) is 4.43. The van der Waals surface area contributed by atoms with Crippen LogP contribution >= 0.6 is 0 Å². The minimum atomic E-state index is -3.63. The SMILES string of the molecule is Cc1ncccc1O[C@@H]1CCN(S(=O)(=O)c2cnc3c(c2)c(C)nn3C)C1. The number of pyridine rings is 2. The molecule has 1 fully saturated rings. The molecule has 3 aromatic rings. The van der Waals surface area contributed by atoms with Gasteiger partial charge in [0.15, 0.2) is 5.65 Å². The van der Waals surface area contributed by atoms with Crippen LogP contribution < -0.4 is 4.74 Å². The molecule has 0 unspecified atom stereocenters. The molecule has 9 heteroatoms. The van der Waals surface area contributed by atoms with E-state index < -0.39 is 10.0 Å². The van der Waals surface area contributed by atoms with Gasteiger partial charge in [0.1, 0.15) is 16.7 Å². The van der Waals surface area contributed by atoms with E-state index in [2.05, 4.69) is 15.1 Å². The van der Waals surface area contributed by atoms with Crippen molar-refractivity contribution in [1.82, 2.24) is 24.1 Å². The summed E-state index contributed by atoms with van der Waals surface area (Å²) in [5.74, 6) is 0.691. The quantitative estimate of drug-likeness (QED) is 0.678. The van der Waals surface area contributed by atoms with E-state index in [1.165, 1.54) is 10.5 Å². The lowest BCUT2D eigenvalue weighted by atomic mass is 10.3. The first-order valence-corrected chi connectivity index (χ1v) is 10.2. The van der Waals surface area contributed by atoms with E-state index in [-0.39, 0.29) is 11.0 Å². The van der Waals surface area contributed by atoms with Crippen LogP contribution in [0.4, 0.5) is 0 Å². The zero-order valence-electron chi connectivity index (χ0n) is 15.5. The number of aromatic nitrogens is 4. The number of rotatable bonds is 4. The van der Waals surface area contributed by atoms with E-state index in [1.54, 1.807) is 24.0 Å². The summed E-state index contributed by atoms with van der Waals surface area (Å²) in [5.41, 5.74) is 2.22. The van der Waals surface area contributed by atoms with Crippen LogP contribution in [0.2, 0.25) is 0 Å². The number of hydrogen-bond donors (Lipinski definition) is 0.